The van der Waals surface area contributed by atoms with Gasteiger partial charge in [-0.15, -0.1) is 11.3 Å². The predicted octanol–water partition coefficient (Wildman–Crippen LogP) is 1.29. The second-order valence-corrected chi connectivity index (χ2v) is 7.06. The minimum absolute atomic E-state index is 0.0879. The first-order valence-electron chi connectivity index (χ1n) is 8.37. The van der Waals surface area contributed by atoms with Crippen molar-refractivity contribution < 1.29 is 9.90 Å². The van der Waals surface area contributed by atoms with E-state index in [0.717, 1.165) is 31.1 Å². The number of allylic oxidation sites excluding steroid dienone is 2. The molecule has 0 aliphatic carbocycles. The first-order valence-corrected chi connectivity index (χ1v) is 9.19. The van der Waals surface area contributed by atoms with Gasteiger partial charge in [0.15, 0.2) is 0 Å². The number of aliphatic hydroxyl groups excluding tert-OH is 1. The Balaban J connectivity index is 1.96. The van der Waals surface area contributed by atoms with Gasteiger partial charge in [-0.3, -0.25) is 4.79 Å². The van der Waals surface area contributed by atoms with Crippen molar-refractivity contribution in [3.8, 4) is 0 Å². The van der Waals surface area contributed by atoms with Crippen LogP contribution in [0.1, 0.15) is 22.8 Å². The van der Waals surface area contributed by atoms with Crippen molar-refractivity contribution in [2.24, 2.45) is 0 Å². The van der Waals surface area contributed by atoms with E-state index >= 15 is 0 Å². The number of nitrogens with zero attached hydrogens (tertiary/aromatic N) is 2. The number of nitrogen functional groups attached to an aromatic ring is 1. The van der Waals surface area contributed by atoms with E-state index < -0.39 is 0 Å². The molecule has 0 atom stereocenters. The Morgan fingerprint density at radius 3 is 2.93 bits per heavy atom. The summed E-state index contributed by atoms with van der Waals surface area (Å²) in [6.07, 6.45) is 5.38. The Kier molecular flexibility index (Phi) is 5.63. The molecule has 3 rings (SSSR count). The van der Waals surface area contributed by atoms with Crippen LogP contribution in [0.2, 0.25) is 0 Å². The van der Waals surface area contributed by atoms with E-state index in [9.17, 15) is 4.79 Å². The van der Waals surface area contributed by atoms with Crippen LogP contribution in [-0.4, -0.2) is 34.1 Å². The van der Waals surface area contributed by atoms with E-state index in [1.807, 2.05) is 37.3 Å². The maximum absolute atomic E-state index is 12.1. The number of nitrogens with two attached hydrogens (primary N) is 1. The summed E-state index contributed by atoms with van der Waals surface area (Å²) in [5.41, 5.74) is 9.18. The van der Waals surface area contributed by atoms with E-state index in [4.69, 9.17) is 10.8 Å². The molecule has 3 aromatic rings. The molecule has 7 heteroatoms. The predicted molar refractivity (Wildman–Crippen MR) is 111 cm³/mol. The van der Waals surface area contributed by atoms with Crippen LogP contribution in [0.4, 0.5) is 5.82 Å². The molecule has 0 aliphatic heterocycles. The van der Waals surface area contributed by atoms with Crippen molar-refractivity contribution in [2.45, 2.75) is 6.92 Å². The SMILES string of the molecule is C=c1sc2c(N)ncnc2/c1=C/C=C(\C)c1cccc(C(=O)NCCO)c1. The first-order chi connectivity index (χ1) is 13.0. The first kappa shape index (κ1) is 18.8. The van der Waals surface area contributed by atoms with Crippen LogP contribution in [0.5, 0.6) is 0 Å². The van der Waals surface area contributed by atoms with Gasteiger partial charge in [-0.25, -0.2) is 9.97 Å². The van der Waals surface area contributed by atoms with Crippen molar-refractivity contribution in [3.05, 3.63) is 57.5 Å². The molecular weight excluding hydrogens is 360 g/mol. The van der Waals surface area contributed by atoms with Crippen LogP contribution in [0, 0.1) is 0 Å². The molecule has 0 radical (unpaired) electrons. The van der Waals surface area contributed by atoms with E-state index in [-0.39, 0.29) is 19.1 Å². The van der Waals surface area contributed by atoms with Crippen molar-refractivity contribution in [1.29, 1.82) is 0 Å². The van der Waals surface area contributed by atoms with Crippen LogP contribution in [0.3, 0.4) is 0 Å². The number of rotatable bonds is 5. The standard InChI is InChI=1S/C20H20N4O2S/c1-12(14-4-3-5-15(10-14)20(26)22-8-9-25)6-7-16-13(2)27-18-17(16)23-11-24-19(18)21/h3-7,10-11,25H,2,8-9H2,1H3,(H,22,26)(H2,21,23,24)/b12-6+,16-7+. The summed E-state index contributed by atoms with van der Waals surface area (Å²) in [7, 11) is 0. The van der Waals surface area contributed by atoms with Gasteiger partial charge in [-0.05, 0) is 30.2 Å². The lowest BCUT2D eigenvalue weighted by atomic mass is 10.0. The molecule has 0 aliphatic rings. The van der Waals surface area contributed by atoms with Gasteiger partial charge in [0.2, 0.25) is 0 Å². The van der Waals surface area contributed by atoms with E-state index in [2.05, 4.69) is 21.9 Å². The Hall–Kier alpha value is -3.03. The van der Waals surface area contributed by atoms with Crippen LogP contribution in [0.25, 0.3) is 28.4 Å². The third-order valence-electron chi connectivity index (χ3n) is 4.09. The number of fused-ring (bicyclic) bond motifs is 1. The number of hydrogen-bond acceptors (Lipinski definition) is 6. The molecule has 1 amide bonds. The lowest BCUT2D eigenvalue weighted by molar-refractivity contribution is 0.0944. The molecule has 2 heterocycles. The molecule has 0 fully saturated rings. The Bertz CT molecular complexity index is 1130. The maximum atomic E-state index is 12.1. The zero-order chi connectivity index (χ0) is 19.4. The summed E-state index contributed by atoms with van der Waals surface area (Å²) in [4.78, 5) is 20.4. The quantitative estimate of drug-likeness (QED) is 0.619. The highest BCUT2D eigenvalue weighted by Gasteiger charge is 2.07. The number of aromatic nitrogens is 2. The van der Waals surface area contributed by atoms with Gasteiger partial charge < -0.3 is 16.2 Å². The fraction of sp³-hybridized carbons (Fsp3) is 0.150. The number of carbonyl (C=O) groups is 1. The van der Waals surface area contributed by atoms with Gasteiger partial charge in [-0.2, -0.15) is 0 Å². The third kappa shape index (κ3) is 4.05. The Morgan fingerprint density at radius 2 is 2.15 bits per heavy atom. The molecule has 2 aromatic heterocycles. The molecule has 138 valence electrons. The molecule has 27 heavy (non-hydrogen) atoms. The van der Waals surface area contributed by atoms with E-state index in [1.165, 1.54) is 17.7 Å². The molecule has 0 saturated carbocycles. The molecular formula is C20H20N4O2S. The van der Waals surface area contributed by atoms with Gasteiger partial charge in [0, 0.05) is 21.9 Å². The van der Waals surface area contributed by atoms with Crippen LogP contribution in [0.15, 0.2) is 36.7 Å². The molecule has 1 aromatic carbocycles. The van der Waals surface area contributed by atoms with Gasteiger partial charge in [0.05, 0.1) is 16.8 Å². The minimum Gasteiger partial charge on any atom is -0.395 e. The van der Waals surface area contributed by atoms with Crippen LogP contribution < -0.4 is 20.8 Å². The van der Waals surface area contributed by atoms with Crippen molar-refractivity contribution in [2.75, 3.05) is 18.9 Å². The number of amides is 1. The summed E-state index contributed by atoms with van der Waals surface area (Å²) in [5.74, 6) is 0.246. The zero-order valence-corrected chi connectivity index (χ0v) is 15.7. The van der Waals surface area contributed by atoms with Gasteiger partial charge in [-0.1, -0.05) is 30.9 Å². The number of benzene rings is 1. The largest absolute Gasteiger partial charge is 0.395 e. The fourth-order valence-corrected chi connectivity index (χ4v) is 3.58. The molecule has 0 saturated heterocycles. The highest BCUT2D eigenvalue weighted by Crippen LogP contribution is 2.17. The van der Waals surface area contributed by atoms with E-state index in [1.54, 1.807) is 6.07 Å². The third-order valence-corrected chi connectivity index (χ3v) is 5.16. The summed E-state index contributed by atoms with van der Waals surface area (Å²) in [6, 6.07) is 7.34. The summed E-state index contributed by atoms with van der Waals surface area (Å²) in [6.45, 7) is 6.19. The fourth-order valence-electron chi connectivity index (χ4n) is 2.64. The van der Waals surface area contributed by atoms with Crippen molar-refractivity contribution >= 4 is 51.5 Å². The second kappa shape index (κ2) is 8.11. The molecule has 0 spiro atoms. The Labute approximate surface area is 160 Å². The highest BCUT2D eigenvalue weighted by molar-refractivity contribution is 7.17. The molecule has 0 unspecified atom stereocenters. The Morgan fingerprint density at radius 1 is 1.37 bits per heavy atom. The number of nitrogens with one attached hydrogen (secondary N) is 1. The smallest absolute Gasteiger partial charge is 0.251 e. The molecule has 6 nitrogen and oxygen atoms in total. The summed E-state index contributed by atoms with van der Waals surface area (Å²) < 4.78 is 1.71. The zero-order valence-electron chi connectivity index (χ0n) is 14.9. The van der Waals surface area contributed by atoms with Crippen molar-refractivity contribution in [3.63, 3.8) is 0 Å². The van der Waals surface area contributed by atoms with Gasteiger partial charge >= 0.3 is 0 Å². The molecule has 0 bridgehead atoms. The minimum atomic E-state index is -0.210. The average molecular weight is 380 g/mol. The topological polar surface area (TPSA) is 101 Å². The summed E-state index contributed by atoms with van der Waals surface area (Å²) in [5, 5.41) is 12.4. The second-order valence-electron chi connectivity index (χ2n) is 5.95. The average Bonchev–Trinajstić information content (AvgIpc) is 3.01. The monoisotopic (exact) mass is 380 g/mol. The van der Waals surface area contributed by atoms with Crippen molar-refractivity contribution in [1.82, 2.24) is 15.3 Å². The number of thiophene rings is 1. The molecule has 4 N–H and O–H groups in total. The number of aliphatic hydroxyl groups is 1. The number of anilines is 1. The van der Waals surface area contributed by atoms with Crippen LogP contribution in [-0.2, 0) is 0 Å². The number of hydrogen-bond donors (Lipinski definition) is 3. The highest BCUT2D eigenvalue weighted by atomic mass is 32.1. The van der Waals surface area contributed by atoms with Gasteiger partial charge in [0.1, 0.15) is 12.1 Å². The maximum Gasteiger partial charge on any atom is 0.251 e. The summed E-state index contributed by atoms with van der Waals surface area (Å²) >= 11 is 1.47. The lowest BCUT2D eigenvalue weighted by Gasteiger charge is -2.06. The number of carbonyl (C=O) groups excluding carboxylic acids is 1. The van der Waals surface area contributed by atoms with Crippen LogP contribution >= 0.6 is 11.3 Å². The van der Waals surface area contributed by atoms with E-state index in [0.29, 0.717) is 11.4 Å². The van der Waals surface area contributed by atoms with Gasteiger partial charge in [0.25, 0.3) is 5.91 Å². The lowest BCUT2D eigenvalue weighted by Crippen LogP contribution is -2.26. The normalized spacial score (nSPS) is 12.5.